The number of benzene rings is 2. The van der Waals surface area contributed by atoms with E-state index in [9.17, 15) is 4.79 Å². The first-order chi connectivity index (χ1) is 15.7. The van der Waals surface area contributed by atoms with Crippen LogP contribution in [0.2, 0.25) is 0 Å². The third-order valence-electron chi connectivity index (χ3n) is 6.20. The summed E-state index contributed by atoms with van der Waals surface area (Å²) in [6, 6.07) is 20.2. The van der Waals surface area contributed by atoms with E-state index in [1.54, 1.807) is 27.7 Å². The van der Waals surface area contributed by atoms with E-state index in [1.165, 1.54) is 22.4 Å². The van der Waals surface area contributed by atoms with Gasteiger partial charge in [0.15, 0.2) is 5.16 Å². The lowest BCUT2D eigenvalue weighted by Crippen LogP contribution is -2.22. The van der Waals surface area contributed by atoms with Crippen LogP contribution in [-0.2, 0) is 12.2 Å². The summed E-state index contributed by atoms with van der Waals surface area (Å²) in [7, 11) is 0. The molecule has 7 heteroatoms. The monoisotopic (exact) mass is 458 g/mol. The second-order valence-electron chi connectivity index (χ2n) is 8.28. The standard InChI is InChI=1S/C25H22N4OS2/c1-16-9-8-14-19-20(16)21-22(30)28(18-12-6-3-7-13-18)24-26-27-25(29(24)23(21)32-19)31-15-17-10-4-2-5-11-17/h2-7,10-13,16H,8-9,14-15H2,1H3. The Morgan fingerprint density at radius 3 is 2.59 bits per heavy atom. The number of hydrogen-bond acceptors (Lipinski definition) is 5. The first-order valence-electron chi connectivity index (χ1n) is 10.9. The number of aryl methyl sites for hydroxylation is 1. The second-order valence-corrected chi connectivity index (χ2v) is 10.3. The van der Waals surface area contributed by atoms with Crippen molar-refractivity contribution in [1.29, 1.82) is 0 Å². The van der Waals surface area contributed by atoms with E-state index in [-0.39, 0.29) is 5.56 Å². The van der Waals surface area contributed by atoms with Crippen LogP contribution >= 0.6 is 23.1 Å². The Balaban J connectivity index is 1.63. The number of nitrogens with zero attached hydrogens (tertiary/aromatic N) is 4. The summed E-state index contributed by atoms with van der Waals surface area (Å²) < 4.78 is 3.84. The Kier molecular flexibility index (Phi) is 4.88. The summed E-state index contributed by atoms with van der Waals surface area (Å²) in [6.07, 6.45) is 3.34. The van der Waals surface area contributed by atoms with Crippen LogP contribution in [0.3, 0.4) is 0 Å². The number of aromatic nitrogens is 4. The van der Waals surface area contributed by atoms with Crippen molar-refractivity contribution in [1.82, 2.24) is 19.2 Å². The molecule has 1 aliphatic carbocycles. The van der Waals surface area contributed by atoms with Crippen molar-refractivity contribution in [3.63, 3.8) is 0 Å². The van der Waals surface area contributed by atoms with Gasteiger partial charge in [-0.2, -0.15) is 0 Å². The quantitative estimate of drug-likeness (QED) is 0.318. The molecule has 0 saturated carbocycles. The van der Waals surface area contributed by atoms with Crippen molar-refractivity contribution in [3.05, 3.63) is 87.0 Å². The number of hydrogen-bond donors (Lipinski definition) is 0. The van der Waals surface area contributed by atoms with Gasteiger partial charge in [-0.05, 0) is 48.4 Å². The number of para-hydroxylation sites is 1. The minimum Gasteiger partial charge on any atom is -0.268 e. The van der Waals surface area contributed by atoms with Crippen molar-refractivity contribution in [3.8, 4) is 5.69 Å². The molecule has 0 spiro atoms. The highest BCUT2D eigenvalue weighted by Crippen LogP contribution is 2.42. The Morgan fingerprint density at radius 1 is 1.06 bits per heavy atom. The highest BCUT2D eigenvalue weighted by Gasteiger charge is 2.28. The van der Waals surface area contributed by atoms with Crippen LogP contribution in [0.15, 0.2) is 70.6 Å². The molecule has 32 heavy (non-hydrogen) atoms. The van der Waals surface area contributed by atoms with Crippen molar-refractivity contribution >= 4 is 39.1 Å². The third-order valence-corrected chi connectivity index (χ3v) is 8.45. The van der Waals surface area contributed by atoms with Crippen molar-refractivity contribution in [2.45, 2.75) is 43.0 Å². The third kappa shape index (κ3) is 3.11. The van der Waals surface area contributed by atoms with Crippen LogP contribution in [0.5, 0.6) is 0 Å². The van der Waals surface area contributed by atoms with Gasteiger partial charge in [0.25, 0.3) is 5.56 Å². The lowest BCUT2D eigenvalue weighted by Gasteiger charge is -2.18. The maximum atomic E-state index is 13.9. The molecule has 1 unspecified atom stereocenters. The molecular formula is C25H22N4OS2. The van der Waals surface area contributed by atoms with Crippen LogP contribution in [0.1, 0.15) is 41.7 Å². The number of thiophene rings is 1. The average Bonchev–Trinajstić information content (AvgIpc) is 3.42. The van der Waals surface area contributed by atoms with Crippen molar-refractivity contribution in [2.75, 3.05) is 0 Å². The van der Waals surface area contributed by atoms with E-state index in [0.717, 1.165) is 39.7 Å². The van der Waals surface area contributed by atoms with Crippen LogP contribution in [0.25, 0.3) is 21.7 Å². The molecule has 5 nitrogen and oxygen atoms in total. The van der Waals surface area contributed by atoms with E-state index >= 15 is 0 Å². The van der Waals surface area contributed by atoms with Crippen molar-refractivity contribution in [2.24, 2.45) is 0 Å². The summed E-state index contributed by atoms with van der Waals surface area (Å²) in [6.45, 7) is 2.25. The van der Waals surface area contributed by atoms with E-state index in [1.807, 2.05) is 36.4 Å². The molecule has 1 aliphatic rings. The summed E-state index contributed by atoms with van der Waals surface area (Å²) >= 11 is 3.41. The lowest BCUT2D eigenvalue weighted by molar-refractivity contribution is 0.601. The predicted molar refractivity (Wildman–Crippen MR) is 131 cm³/mol. The summed E-state index contributed by atoms with van der Waals surface area (Å²) in [5.74, 6) is 1.77. The van der Waals surface area contributed by atoms with Gasteiger partial charge in [0.1, 0.15) is 4.83 Å². The minimum absolute atomic E-state index is 0.0111. The first-order valence-corrected chi connectivity index (χ1v) is 12.7. The normalized spacial score (nSPS) is 16.0. The summed E-state index contributed by atoms with van der Waals surface area (Å²) in [5.41, 5.74) is 3.30. The van der Waals surface area contributed by atoms with Gasteiger partial charge in [0.2, 0.25) is 5.78 Å². The van der Waals surface area contributed by atoms with Gasteiger partial charge in [-0.3, -0.25) is 4.79 Å². The molecule has 5 aromatic rings. The highest BCUT2D eigenvalue weighted by molar-refractivity contribution is 7.98. The van der Waals surface area contributed by atoms with Gasteiger partial charge in [0.05, 0.1) is 11.1 Å². The molecule has 3 aromatic heterocycles. The van der Waals surface area contributed by atoms with Gasteiger partial charge in [-0.15, -0.1) is 21.5 Å². The fourth-order valence-electron chi connectivity index (χ4n) is 4.67. The van der Waals surface area contributed by atoms with Gasteiger partial charge < -0.3 is 0 Å². The zero-order valence-corrected chi connectivity index (χ0v) is 19.3. The molecule has 0 bridgehead atoms. The molecular weight excluding hydrogens is 436 g/mol. The molecule has 160 valence electrons. The Morgan fingerprint density at radius 2 is 1.81 bits per heavy atom. The minimum atomic E-state index is 0.0111. The SMILES string of the molecule is CC1CCCc2sc3c(c21)c(=O)n(-c1ccccc1)c1nnc(SCc2ccccc2)n31. The van der Waals surface area contributed by atoms with Crippen LogP contribution in [0.4, 0.5) is 0 Å². The summed E-state index contributed by atoms with van der Waals surface area (Å²) in [4.78, 5) is 16.2. The van der Waals surface area contributed by atoms with Crippen LogP contribution in [0, 0.1) is 0 Å². The zero-order chi connectivity index (χ0) is 21.7. The lowest BCUT2D eigenvalue weighted by atomic mass is 9.88. The van der Waals surface area contributed by atoms with E-state index < -0.39 is 0 Å². The second kappa shape index (κ2) is 7.90. The summed E-state index contributed by atoms with van der Waals surface area (Å²) in [5, 5.41) is 10.7. The van der Waals surface area contributed by atoms with Gasteiger partial charge >= 0.3 is 0 Å². The average molecular weight is 459 g/mol. The Labute approximate surface area is 193 Å². The van der Waals surface area contributed by atoms with E-state index in [4.69, 9.17) is 0 Å². The maximum Gasteiger partial charge on any atom is 0.268 e. The molecule has 6 rings (SSSR count). The van der Waals surface area contributed by atoms with Gasteiger partial charge in [-0.1, -0.05) is 67.2 Å². The highest BCUT2D eigenvalue weighted by atomic mass is 32.2. The molecule has 0 aliphatic heterocycles. The zero-order valence-electron chi connectivity index (χ0n) is 17.7. The molecule has 0 saturated heterocycles. The van der Waals surface area contributed by atoms with Gasteiger partial charge in [-0.25, -0.2) is 8.97 Å². The van der Waals surface area contributed by atoms with Crippen LogP contribution < -0.4 is 5.56 Å². The number of fused-ring (bicyclic) bond motifs is 5. The maximum absolute atomic E-state index is 13.9. The molecule has 0 N–H and O–H groups in total. The molecule has 3 heterocycles. The number of rotatable bonds is 4. The largest absolute Gasteiger partial charge is 0.268 e. The molecule has 0 radical (unpaired) electrons. The van der Waals surface area contributed by atoms with Crippen molar-refractivity contribution < 1.29 is 0 Å². The fraction of sp³-hybridized carbons (Fsp3) is 0.240. The number of thioether (sulfide) groups is 1. The molecule has 0 fully saturated rings. The molecule has 0 amide bonds. The predicted octanol–water partition coefficient (Wildman–Crippen LogP) is 5.83. The molecule has 2 aromatic carbocycles. The Bertz CT molecular complexity index is 1490. The topological polar surface area (TPSA) is 52.2 Å². The van der Waals surface area contributed by atoms with E-state index in [2.05, 4.69) is 45.8 Å². The molecule has 1 atom stereocenters. The fourth-order valence-corrected chi connectivity index (χ4v) is 7.07. The first kappa shape index (κ1) is 19.8. The van der Waals surface area contributed by atoms with Gasteiger partial charge in [0, 0.05) is 10.6 Å². The Hall–Kier alpha value is -2.90. The smallest absolute Gasteiger partial charge is 0.268 e. The van der Waals surface area contributed by atoms with E-state index in [0.29, 0.717) is 11.7 Å². The van der Waals surface area contributed by atoms with Crippen LogP contribution in [-0.4, -0.2) is 19.2 Å².